The van der Waals surface area contributed by atoms with Gasteiger partial charge in [0.1, 0.15) is 12.4 Å². The van der Waals surface area contributed by atoms with Crippen molar-refractivity contribution in [1.29, 1.82) is 0 Å². The molecule has 2 aromatic rings. The summed E-state index contributed by atoms with van der Waals surface area (Å²) < 4.78 is 5.73. The molecule has 0 atom stereocenters. The van der Waals surface area contributed by atoms with E-state index in [1.54, 1.807) is 6.07 Å². The summed E-state index contributed by atoms with van der Waals surface area (Å²) in [5, 5.41) is 0.601. The molecule has 0 aromatic heterocycles. The van der Waals surface area contributed by atoms with Crippen molar-refractivity contribution in [3.05, 3.63) is 76.3 Å². The molecule has 0 N–H and O–H groups in total. The SMILES string of the molecule is O=C(C1=CCCCCC1)c1ccc(COc2ccccc2Cl)cc1. The third-order valence-corrected chi connectivity index (χ3v) is 4.59. The van der Waals surface area contributed by atoms with Crippen LogP contribution < -0.4 is 4.74 Å². The lowest BCUT2D eigenvalue weighted by molar-refractivity contribution is 0.103. The zero-order valence-corrected chi connectivity index (χ0v) is 14.4. The van der Waals surface area contributed by atoms with Gasteiger partial charge in [0.25, 0.3) is 0 Å². The zero-order chi connectivity index (χ0) is 16.8. The van der Waals surface area contributed by atoms with Crippen molar-refractivity contribution in [3.8, 4) is 5.75 Å². The Balaban J connectivity index is 1.64. The number of carbonyl (C=O) groups excluding carboxylic acids is 1. The first-order valence-corrected chi connectivity index (χ1v) is 8.82. The van der Waals surface area contributed by atoms with Crippen LogP contribution in [-0.4, -0.2) is 5.78 Å². The number of allylic oxidation sites excluding steroid dienone is 2. The maximum Gasteiger partial charge on any atom is 0.188 e. The average Bonchev–Trinajstić information content (AvgIpc) is 2.90. The lowest BCUT2D eigenvalue weighted by Crippen LogP contribution is -2.04. The number of benzene rings is 2. The van der Waals surface area contributed by atoms with Gasteiger partial charge in [-0.15, -0.1) is 0 Å². The van der Waals surface area contributed by atoms with Gasteiger partial charge in [-0.05, 0) is 49.0 Å². The van der Waals surface area contributed by atoms with E-state index in [4.69, 9.17) is 16.3 Å². The van der Waals surface area contributed by atoms with Crippen LogP contribution in [0, 0.1) is 0 Å². The fraction of sp³-hybridized carbons (Fsp3) is 0.286. The fourth-order valence-corrected chi connectivity index (χ4v) is 3.07. The second kappa shape index (κ2) is 8.16. The van der Waals surface area contributed by atoms with E-state index in [9.17, 15) is 4.79 Å². The van der Waals surface area contributed by atoms with Gasteiger partial charge in [-0.2, -0.15) is 0 Å². The molecule has 0 aliphatic heterocycles. The molecule has 0 radical (unpaired) electrons. The Morgan fingerprint density at radius 2 is 1.79 bits per heavy atom. The first-order chi connectivity index (χ1) is 11.7. The summed E-state index contributed by atoms with van der Waals surface area (Å²) >= 11 is 6.08. The topological polar surface area (TPSA) is 26.3 Å². The van der Waals surface area contributed by atoms with Crippen molar-refractivity contribution in [2.24, 2.45) is 0 Å². The van der Waals surface area contributed by atoms with Gasteiger partial charge >= 0.3 is 0 Å². The molecule has 3 heteroatoms. The molecule has 0 fully saturated rings. The Hall–Kier alpha value is -2.06. The first-order valence-electron chi connectivity index (χ1n) is 8.44. The van der Waals surface area contributed by atoms with Gasteiger partial charge in [0.05, 0.1) is 5.02 Å². The Kier molecular flexibility index (Phi) is 5.71. The molecule has 1 aliphatic rings. The van der Waals surface area contributed by atoms with Gasteiger partial charge in [-0.25, -0.2) is 0 Å². The number of hydrogen-bond donors (Lipinski definition) is 0. The molecular weight excluding hydrogens is 320 g/mol. The standard InChI is InChI=1S/C21H21ClO2/c22-19-9-5-6-10-20(19)24-15-16-11-13-18(14-12-16)21(23)17-7-3-1-2-4-8-17/h5-7,9-14H,1-4,8,15H2. The normalized spacial score (nSPS) is 14.6. The molecule has 1 aliphatic carbocycles. The van der Waals surface area contributed by atoms with Crippen LogP contribution in [-0.2, 0) is 6.61 Å². The number of ether oxygens (including phenoxy) is 1. The minimum Gasteiger partial charge on any atom is -0.487 e. The predicted octanol–water partition coefficient (Wildman–Crippen LogP) is 5.99. The second-order valence-corrected chi connectivity index (χ2v) is 6.48. The van der Waals surface area contributed by atoms with E-state index < -0.39 is 0 Å². The molecule has 3 rings (SSSR count). The molecule has 0 unspecified atom stereocenters. The molecule has 24 heavy (non-hydrogen) atoms. The van der Waals surface area contributed by atoms with Crippen LogP contribution in [0.4, 0.5) is 0 Å². The Bertz CT molecular complexity index is 732. The van der Waals surface area contributed by atoms with Crippen molar-refractivity contribution in [1.82, 2.24) is 0 Å². The largest absolute Gasteiger partial charge is 0.487 e. The van der Waals surface area contributed by atoms with Crippen LogP contribution in [0.5, 0.6) is 5.75 Å². The van der Waals surface area contributed by atoms with Gasteiger partial charge in [0.2, 0.25) is 0 Å². The highest BCUT2D eigenvalue weighted by Gasteiger charge is 2.13. The molecule has 0 amide bonds. The van der Waals surface area contributed by atoms with Gasteiger partial charge in [-0.3, -0.25) is 4.79 Å². The highest BCUT2D eigenvalue weighted by atomic mass is 35.5. The predicted molar refractivity (Wildman–Crippen MR) is 97.7 cm³/mol. The van der Waals surface area contributed by atoms with Gasteiger partial charge < -0.3 is 4.74 Å². The summed E-state index contributed by atoms with van der Waals surface area (Å²) in [5.74, 6) is 0.832. The third-order valence-electron chi connectivity index (χ3n) is 4.28. The number of ketones is 1. The van der Waals surface area contributed by atoms with Gasteiger partial charge in [-0.1, -0.05) is 60.5 Å². The molecule has 124 valence electrons. The molecular formula is C21H21ClO2. The molecule has 2 nitrogen and oxygen atoms in total. The van der Waals surface area contributed by atoms with Crippen LogP contribution in [0.15, 0.2) is 60.2 Å². The number of hydrogen-bond acceptors (Lipinski definition) is 2. The molecule has 0 saturated carbocycles. The van der Waals surface area contributed by atoms with E-state index in [-0.39, 0.29) is 5.78 Å². The quantitative estimate of drug-likeness (QED) is 0.624. The Morgan fingerprint density at radius 1 is 1.00 bits per heavy atom. The number of halogens is 1. The lowest BCUT2D eigenvalue weighted by Gasteiger charge is -2.09. The van der Waals surface area contributed by atoms with E-state index in [0.29, 0.717) is 17.4 Å². The van der Waals surface area contributed by atoms with Crippen LogP contribution in [0.25, 0.3) is 0 Å². The number of Topliss-reactive ketones (excluding diaryl/α,β-unsaturated/α-hetero) is 1. The van der Waals surface area contributed by atoms with Crippen LogP contribution in [0.1, 0.15) is 48.0 Å². The summed E-state index contributed by atoms with van der Waals surface area (Å²) in [4.78, 5) is 12.6. The van der Waals surface area contributed by atoms with E-state index >= 15 is 0 Å². The van der Waals surface area contributed by atoms with Gasteiger partial charge in [0.15, 0.2) is 5.78 Å². The third kappa shape index (κ3) is 4.27. The van der Waals surface area contributed by atoms with Crippen LogP contribution in [0.2, 0.25) is 5.02 Å². The molecule has 2 aromatic carbocycles. The van der Waals surface area contributed by atoms with Crippen molar-refractivity contribution in [3.63, 3.8) is 0 Å². The smallest absolute Gasteiger partial charge is 0.188 e. The minimum atomic E-state index is 0.162. The molecule has 0 bridgehead atoms. The van der Waals surface area contributed by atoms with E-state index in [1.165, 1.54) is 12.8 Å². The number of carbonyl (C=O) groups is 1. The highest BCUT2D eigenvalue weighted by molar-refractivity contribution is 6.32. The Labute approximate surface area is 148 Å². The molecule has 0 saturated heterocycles. The summed E-state index contributed by atoms with van der Waals surface area (Å²) in [6, 6.07) is 15.1. The number of rotatable bonds is 5. The molecule has 0 spiro atoms. The summed E-state index contributed by atoms with van der Waals surface area (Å²) in [6.45, 7) is 0.431. The van der Waals surface area contributed by atoms with Crippen molar-refractivity contribution in [2.75, 3.05) is 0 Å². The van der Waals surface area contributed by atoms with E-state index in [2.05, 4.69) is 6.08 Å². The van der Waals surface area contributed by atoms with Crippen LogP contribution in [0.3, 0.4) is 0 Å². The highest BCUT2D eigenvalue weighted by Crippen LogP contribution is 2.24. The second-order valence-electron chi connectivity index (χ2n) is 6.07. The maximum absolute atomic E-state index is 12.6. The summed E-state index contributed by atoms with van der Waals surface area (Å²) in [5.41, 5.74) is 2.73. The minimum absolute atomic E-state index is 0.162. The molecule has 0 heterocycles. The number of para-hydroxylation sites is 1. The van der Waals surface area contributed by atoms with Crippen LogP contribution >= 0.6 is 11.6 Å². The van der Waals surface area contributed by atoms with E-state index in [1.807, 2.05) is 42.5 Å². The lowest BCUT2D eigenvalue weighted by atomic mass is 9.99. The fourth-order valence-electron chi connectivity index (χ4n) is 2.88. The Morgan fingerprint density at radius 3 is 2.58 bits per heavy atom. The maximum atomic E-state index is 12.6. The summed E-state index contributed by atoms with van der Waals surface area (Å²) in [6.07, 6.45) is 7.55. The van der Waals surface area contributed by atoms with Gasteiger partial charge in [0, 0.05) is 5.56 Å². The first kappa shape index (κ1) is 16.8. The van der Waals surface area contributed by atoms with Crippen molar-refractivity contribution in [2.45, 2.75) is 38.7 Å². The van der Waals surface area contributed by atoms with E-state index in [0.717, 1.165) is 36.0 Å². The van der Waals surface area contributed by atoms with Crippen molar-refractivity contribution < 1.29 is 9.53 Å². The summed E-state index contributed by atoms with van der Waals surface area (Å²) in [7, 11) is 0. The van der Waals surface area contributed by atoms with Crippen molar-refractivity contribution >= 4 is 17.4 Å². The zero-order valence-electron chi connectivity index (χ0n) is 13.6. The average molecular weight is 341 g/mol. The monoisotopic (exact) mass is 340 g/mol.